The van der Waals surface area contributed by atoms with Gasteiger partial charge in [0.15, 0.2) is 0 Å². The fourth-order valence-electron chi connectivity index (χ4n) is 1.62. The average Bonchev–Trinajstić information content (AvgIpc) is 2.32. The predicted octanol–water partition coefficient (Wildman–Crippen LogP) is 2.22. The van der Waals surface area contributed by atoms with Crippen molar-refractivity contribution < 1.29 is 14.3 Å². The molecule has 0 amide bonds. The second kappa shape index (κ2) is 4.31. The first-order chi connectivity index (χ1) is 7.74. The first-order valence-electron chi connectivity index (χ1n) is 5.26. The summed E-state index contributed by atoms with van der Waals surface area (Å²) in [5.41, 5.74) is 1.14. The Kier molecular flexibility index (Phi) is 2.86. The van der Waals surface area contributed by atoms with E-state index in [-0.39, 0.29) is 0 Å². The normalized spacial score (nSPS) is 14.4. The SMILES string of the molecule is CCCOC1=CC(=O)C(=O)c2ccccc21. The highest BCUT2D eigenvalue weighted by atomic mass is 16.5. The van der Waals surface area contributed by atoms with Crippen LogP contribution in [0.4, 0.5) is 0 Å². The minimum Gasteiger partial charge on any atom is -0.493 e. The van der Waals surface area contributed by atoms with Crippen LogP contribution in [-0.2, 0) is 9.53 Å². The molecule has 0 unspecified atom stereocenters. The van der Waals surface area contributed by atoms with E-state index in [1.54, 1.807) is 18.2 Å². The summed E-state index contributed by atoms with van der Waals surface area (Å²) in [6.07, 6.45) is 2.14. The fourth-order valence-corrected chi connectivity index (χ4v) is 1.62. The third-order valence-electron chi connectivity index (χ3n) is 2.38. The van der Waals surface area contributed by atoms with E-state index in [1.165, 1.54) is 6.08 Å². The molecule has 0 fully saturated rings. The topological polar surface area (TPSA) is 43.4 Å². The Bertz CT molecular complexity index is 472. The van der Waals surface area contributed by atoms with Crippen LogP contribution in [0, 0.1) is 0 Å². The van der Waals surface area contributed by atoms with Gasteiger partial charge in [-0.3, -0.25) is 9.59 Å². The smallest absolute Gasteiger partial charge is 0.233 e. The van der Waals surface area contributed by atoms with Crippen molar-refractivity contribution >= 4 is 17.3 Å². The zero-order chi connectivity index (χ0) is 11.5. The molecule has 82 valence electrons. The van der Waals surface area contributed by atoms with E-state index in [0.717, 1.165) is 6.42 Å². The zero-order valence-electron chi connectivity index (χ0n) is 9.03. The Hall–Kier alpha value is -1.90. The van der Waals surface area contributed by atoms with Crippen molar-refractivity contribution in [3.8, 4) is 0 Å². The molecule has 0 atom stereocenters. The quantitative estimate of drug-likeness (QED) is 0.727. The number of ether oxygens (including phenoxy) is 1. The van der Waals surface area contributed by atoms with Crippen LogP contribution in [0.2, 0.25) is 0 Å². The molecule has 1 aromatic rings. The zero-order valence-corrected chi connectivity index (χ0v) is 9.03. The summed E-state index contributed by atoms with van der Waals surface area (Å²) in [6.45, 7) is 2.53. The van der Waals surface area contributed by atoms with Gasteiger partial charge in [0, 0.05) is 17.2 Å². The highest BCUT2D eigenvalue weighted by Gasteiger charge is 2.25. The van der Waals surface area contributed by atoms with Crippen molar-refractivity contribution in [3.63, 3.8) is 0 Å². The molecule has 0 aromatic heterocycles. The van der Waals surface area contributed by atoms with Crippen LogP contribution in [-0.4, -0.2) is 18.2 Å². The van der Waals surface area contributed by atoms with E-state index in [0.29, 0.717) is 23.5 Å². The molecule has 0 saturated heterocycles. The van der Waals surface area contributed by atoms with Gasteiger partial charge < -0.3 is 4.74 Å². The molecule has 0 saturated carbocycles. The van der Waals surface area contributed by atoms with Crippen molar-refractivity contribution in [1.82, 2.24) is 0 Å². The van der Waals surface area contributed by atoms with E-state index >= 15 is 0 Å². The number of fused-ring (bicyclic) bond motifs is 1. The molecule has 3 nitrogen and oxygen atoms in total. The molecule has 2 rings (SSSR count). The predicted molar refractivity (Wildman–Crippen MR) is 60.0 cm³/mol. The summed E-state index contributed by atoms with van der Waals surface area (Å²) in [4.78, 5) is 23.0. The Balaban J connectivity index is 2.43. The van der Waals surface area contributed by atoms with Crippen LogP contribution in [0.25, 0.3) is 5.76 Å². The molecular formula is C13H12O3. The number of hydrogen-bond donors (Lipinski definition) is 0. The Morgan fingerprint density at radius 3 is 2.50 bits per heavy atom. The Morgan fingerprint density at radius 2 is 1.81 bits per heavy atom. The largest absolute Gasteiger partial charge is 0.493 e. The second-order valence-electron chi connectivity index (χ2n) is 3.60. The molecule has 1 aliphatic rings. The summed E-state index contributed by atoms with van der Waals surface area (Å²) in [7, 11) is 0. The summed E-state index contributed by atoms with van der Waals surface area (Å²) in [5.74, 6) is -0.466. The van der Waals surface area contributed by atoms with Crippen molar-refractivity contribution in [2.75, 3.05) is 6.61 Å². The van der Waals surface area contributed by atoms with Crippen LogP contribution in [0.3, 0.4) is 0 Å². The number of rotatable bonds is 3. The second-order valence-corrected chi connectivity index (χ2v) is 3.60. The Morgan fingerprint density at radius 1 is 1.12 bits per heavy atom. The maximum atomic E-state index is 11.6. The highest BCUT2D eigenvalue weighted by Crippen LogP contribution is 2.25. The lowest BCUT2D eigenvalue weighted by atomic mass is 9.94. The molecule has 0 spiro atoms. The lowest BCUT2D eigenvalue weighted by molar-refractivity contribution is -0.111. The van der Waals surface area contributed by atoms with E-state index < -0.39 is 11.6 Å². The maximum Gasteiger partial charge on any atom is 0.233 e. The monoisotopic (exact) mass is 216 g/mol. The van der Waals surface area contributed by atoms with Gasteiger partial charge in [-0.05, 0) is 6.42 Å². The molecular weight excluding hydrogens is 204 g/mol. The minimum atomic E-state index is -0.509. The molecule has 1 aliphatic carbocycles. The van der Waals surface area contributed by atoms with Crippen LogP contribution in [0.15, 0.2) is 30.3 Å². The third-order valence-corrected chi connectivity index (χ3v) is 2.38. The minimum absolute atomic E-state index is 0.432. The van der Waals surface area contributed by atoms with Gasteiger partial charge in [-0.2, -0.15) is 0 Å². The van der Waals surface area contributed by atoms with Crippen LogP contribution in [0.5, 0.6) is 0 Å². The number of hydrogen-bond acceptors (Lipinski definition) is 3. The van der Waals surface area contributed by atoms with Crippen LogP contribution < -0.4 is 0 Å². The van der Waals surface area contributed by atoms with Crippen molar-refractivity contribution in [3.05, 3.63) is 41.5 Å². The van der Waals surface area contributed by atoms with E-state index in [9.17, 15) is 9.59 Å². The van der Waals surface area contributed by atoms with Crippen molar-refractivity contribution in [1.29, 1.82) is 0 Å². The lowest BCUT2D eigenvalue weighted by Gasteiger charge is -2.16. The molecule has 0 bridgehead atoms. The number of benzene rings is 1. The summed E-state index contributed by atoms with van der Waals surface area (Å²) in [5, 5.41) is 0. The van der Waals surface area contributed by atoms with E-state index in [1.807, 2.05) is 13.0 Å². The molecule has 0 radical (unpaired) electrons. The highest BCUT2D eigenvalue weighted by molar-refractivity contribution is 6.50. The van der Waals surface area contributed by atoms with Gasteiger partial charge in [-0.15, -0.1) is 0 Å². The standard InChI is InChI=1S/C13H12O3/c1-2-7-16-12-8-11(14)13(15)10-6-4-3-5-9(10)12/h3-6,8H,2,7H2,1H3. The van der Waals surface area contributed by atoms with Crippen LogP contribution in [0.1, 0.15) is 29.3 Å². The van der Waals surface area contributed by atoms with Crippen molar-refractivity contribution in [2.24, 2.45) is 0 Å². The molecule has 1 aromatic carbocycles. The van der Waals surface area contributed by atoms with Gasteiger partial charge in [0.25, 0.3) is 0 Å². The average molecular weight is 216 g/mol. The first kappa shape index (κ1) is 10.6. The Labute approximate surface area is 93.7 Å². The van der Waals surface area contributed by atoms with Gasteiger partial charge in [0.1, 0.15) is 5.76 Å². The maximum absolute atomic E-state index is 11.6. The number of ketones is 2. The van der Waals surface area contributed by atoms with Crippen molar-refractivity contribution in [2.45, 2.75) is 13.3 Å². The number of allylic oxidation sites excluding steroid dienone is 1. The molecule has 16 heavy (non-hydrogen) atoms. The third kappa shape index (κ3) is 1.76. The summed E-state index contributed by atoms with van der Waals surface area (Å²) >= 11 is 0. The summed E-state index contributed by atoms with van der Waals surface area (Å²) < 4.78 is 5.47. The summed E-state index contributed by atoms with van der Waals surface area (Å²) in [6, 6.07) is 7.01. The molecule has 0 heterocycles. The van der Waals surface area contributed by atoms with Gasteiger partial charge in [-0.25, -0.2) is 0 Å². The van der Waals surface area contributed by atoms with Crippen LogP contribution >= 0.6 is 0 Å². The molecule has 0 aliphatic heterocycles. The number of carbonyl (C=O) groups is 2. The number of Topliss-reactive ketones (excluding diaryl/α,β-unsaturated/α-hetero) is 1. The fraction of sp³-hybridized carbons (Fsp3) is 0.231. The lowest BCUT2D eigenvalue weighted by Crippen LogP contribution is -2.19. The van der Waals surface area contributed by atoms with Gasteiger partial charge in [0.2, 0.25) is 11.6 Å². The first-order valence-corrected chi connectivity index (χ1v) is 5.26. The molecule has 3 heteroatoms. The van der Waals surface area contributed by atoms with Gasteiger partial charge in [0.05, 0.1) is 6.61 Å². The molecule has 0 N–H and O–H groups in total. The van der Waals surface area contributed by atoms with E-state index in [2.05, 4.69) is 0 Å². The van der Waals surface area contributed by atoms with E-state index in [4.69, 9.17) is 4.74 Å². The number of carbonyl (C=O) groups excluding carboxylic acids is 2. The van der Waals surface area contributed by atoms with Gasteiger partial charge in [-0.1, -0.05) is 31.2 Å². The van der Waals surface area contributed by atoms with Gasteiger partial charge >= 0.3 is 0 Å².